The van der Waals surface area contributed by atoms with Gasteiger partial charge in [-0.25, -0.2) is 0 Å². The summed E-state index contributed by atoms with van der Waals surface area (Å²) in [6, 6.07) is 1.93. The van der Waals surface area contributed by atoms with Crippen molar-refractivity contribution in [1.29, 1.82) is 0 Å². The molecular formula is C12H19N5O. The van der Waals surface area contributed by atoms with Crippen molar-refractivity contribution < 1.29 is 4.52 Å². The monoisotopic (exact) mass is 249 g/mol. The molecule has 2 aromatic heterocycles. The molecule has 0 saturated heterocycles. The molecule has 98 valence electrons. The second-order valence-corrected chi connectivity index (χ2v) is 4.28. The Morgan fingerprint density at radius 2 is 2.33 bits per heavy atom. The zero-order chi connectivity index (χ0) is 12.8. The highest BCUT2D eigenvalue weighted by atomic mass is 16.5. The molecule has 0 aliphatic rings. The van der Waals surface area contributed by atoms with E-state index in [1.807, 2.05) is 28.9 Å². The predicted octanol–water partition coefficient (Wildman–Crippen LogP) is 1.75. The number of aryl methyl sites for hydroxylation is 2. The second kappa shape index (κ2) is 6.18. The molecule has 2 aromatic rings. The van der Waals surface area contributed by atoms with Crippen LogP contribution in [-0.4, -0.2) is 33.5 Å². The Labute approximate surface area is 107 Å². The SMILES string of the molecule is CCCc1nc(N(C)CCCn2cccn2)no1. The molecular weight excluding hydrogens is 230 g/mol. The summed E-state index contributed by atoms with van der Waals surface area (Å²) < 4.78 is 7.08. The van der Waals surface area contributed by atoms with Gasteiger partial charge in [-0.3, -0.25) is 4.68 Å². The van der Waals surface area contributed by atoms with Gasteiger partial charge in [0.1, 0.15) is 0 Å². The van der Waals surface area contributed by atoms with E-state index in [9.17, 15) is 0 Å². The summed E-state index contributed by atoms with van der Waals surface area (Å²) >= 11 is 0. The first kappa shape index (κ1) is 12.6. The van der Waals surface area contributed by atoms with E-state index in [0.717, 1.165) is 32.4 Å². The van der Waals surface area contributed by atoms with Gasteiger partial charge in [-0.2, -0.15) is 10.1 Å². The lowest BCUT2D eigenvalue weighted by Gasteiger charge is -2.13. The summed E-state index contributed by atoms with van der Waals surface area (Å²) in [7, 11) is 1.98. The summed E-state index contributed by atoms with van der Waals surface area (Å²) in [4.78, 5) is 6.35. The van der Waals surface area contributed by atoms with Crippen molar-refractivity contribution in [2.24, 2.45) is 0 Å². The molecule has 0 atom stereocenters. The molecule has 0 aliphatic heterocycles. The van der Waals surface area contributed by atoms with Crippen molar-refractivity contribution in [3.8, 4) is 0 Å². The molecule has 0 spiro atoms. The van der Waals surface area contributed by atoms with Crippen LogP contribution in [0.15, 0.2) is 23.0 Å². The van der Waals surface area contributed by atoms with Crippen molar-refractivity contribution in [2.75, 3.05) is 18.5 Å². The highest BCUT2D eigenvalue weighted by Gasteiger charge is 2.09. The third-order valence-corrected chi connectivity index (χ3v) is 2.70. The predicted molar refractivity (Wildman–Crippen MR) is 68.4 cm³/mol. The number of nitrogens with zero attached hydrogens (tertiary/aromatic N) is 5. The van der Waals surface area contributed by atoms with Gasteiger partial charge in [0.25, 0.3) is 5.95 Å². The van der Waals surface area contributed by atoms with Crippen LogP contribution in [0.3, 0.4) is 0 Å². The molecule has 0 saturated carbocycles. The van der Waals surface area contributed by atoms with E-state index in [1.54, 1.807) is 6.20 Å². The summed E-state index contributed by atoms with van der Waals surface area (Å²) in [6.07, 6.45) is 6.61. The summed E-state index contributed by atoms with van der Waals surface area (Å²) in [5.74, 6) is 1.38. The van der Waals surface area contributed by atoms with Crippen LogP contribution < -0.4 is 4.90 Å². The molecule has 0 aromatic carbocycles. The molecule has 2 rings (SSSR count). The molecule has 0 aliphatic carbocycles. The smallest absolute Gasteiger partial charge is 0.265 e. The van der Waals surface area contributed by atoms with Crippen LogP contribution in [0, 0.1) is 0 Å². The highest BCUT2D eigenvalue weighted by Crippen LogP contribution is 2.09. The van der Waals surface area contributed by atoms with Crippen LogP contribution in [0.25, 0.3) is 0 Å². The Morgan fingerprint density at radius 1 is 1.44 bits per heavy atom. The normalized spacial score (nSPS) is 10.8. The molecule has 0 N–H and O–H groups in total. The van der Waals surface area contributed by atoms with Crippen molar-refractivity contribution in [1.82, 2.24) is 19.9 Å². The Morgan fingerprint density at radius 3 is 3.06 bits per heavy atom. The van der Waals surface area contributed by atoms with E-state index in [2.05, 4.69) is 22.2 Å². The minimum atomic E-state index is 0.666. The number of aromatic nitrogens is 4. The minimum absolute atomic E-state index is 0.666. The third kappa shape index (κ3) is 3.32. The number of hydrogen-bond donors (Lipinski definition) is 0. The Bertz CT molecular complexity index is 451. The minimum Gasteiger partial charge on any atom is -0.341 e. The van der Waals surface area contributed by atoms with Gasteiger partial charge in [-0.1, -0.05) is 6.92 Å². The first-order chi connectivity index (χ1) is 8.79. The van der Waals surface area contributed by atoms with E-state index in [-0.39, 0.29) is 0 Å². The summed E-state index contributed by atoms with van der Waals surface area (Å²) in [5, 5.41) is 8.13. The Kier molecular flexibility index (Phi) is 4.33. The quantitative estimate of drug-likeness (QED) is 0.748. The first-order valence-electron chi connectivity index (χ1n) is 6.30. The van der Waals surface area contributed by atoms with Crippen LogP contribution in [0.1, 0.15) is 25.7 Å². The van der Waals surface area contributed by atoms with Crippen LogP contribution in [0.4, 0.5) is 5.95 Å². The lowest BCUT2D eigenvalue weighted by Crippen LogP contribution is -2.21. The van der Waals surface area contributed by atoms with E-state index in [4.69, 9.17) is 4.52 Å². The number of hydrogen-bond acceptors (Lipinski definition) is 5. The average Bonchev–Trinajstić information content (AvgIpc) is 3.00. The molecule has 2 heterocycles. The molecule has 0 radical (unpaired) electrons. The van der Waals surface area contributed by atoms with Gasteiger partial charge in [-0.15, -0.1) is 0 Å². The molecule has 6 heteroatoms. The molecule has 18 heavy (non-hydrogen) atoms. The maximum atomic E-state index is 5.16. The van der Waals surface area contributed by atoms with Gasteiger partial charge in [0.15, 0.2) is 0 Å². The fourth-order valence-electron chi connectivity index (χ4n) is 1.72. The Balaban J connectivity index is 1.78. The molecule has 0 unspecified atom stereocenters. The largest absolute Gasteiger partial charge is 0.341 e. The lowest BCUT2D eigenvalue weighted by molar-refractivity contribution is 0.376. The second-order valence-electron chi connectivity index (χ2n) is 4.28. The van der Waals surface area contributed by atoms with Crippen LogP contribution in [-0.2, 0) is 13.0 Å². The van der Waals surface area contributed by atoms with Gasteiger partial charge in [-0.05, 0) is 24.1 Å². The molecule has 0 amide bonds. The first-order valence-corrected chi connectivity index (χ1v) is 6.30. The zero-order valence-electron chi connectivity index (χ0n) is 10.9. The fourth-order valence-corrected chi connectivity index (χ4v) is 1.72. The van der Waals surface area contributed by atoms with E-state index >= 15 is 0 Å². The average molecular weight is 249 g/mol. The topological polar surface area (TPSA) is 60.0 Å². The lowest BCUT2D eigenvalue weighted by atomic mass is 10.3. The van der Waals surface area contributed by atoms with Gasteiger partial charge in [0.2, 0.25) is 5.89 Å². The van der Waals surface area contributed by atoms with Crippen LogP contribution >= 0.6 is 0 Å². The highest BCUT2D eigenvalue weighted by molar-refractivity contribution is 5.25. The number of anilines is 1. The molecule has 0 fully saturated rings. The molecule has 6 nitrogen and oxygen atoms in total. The van der Waals surface area contributed by atoms with Gasteiger partial charge in [0, 0.05) is 39.0 Å². The van der Waals surface area contributed by atoms with Gasteiger partial charge >= 0.3 is 0 Å². The fraction of sp³-hybridized carbons (Fsp3) is 0.583. The van der Waals surface area contributed by atoms with Crippen LogP contribution in [0.2, 0.25) is 0 Å². The van der Waals surface area contributed by atoms with E-state index in [1.165, 1.54) is 0 Å². The van der Waals surface area contributed by atoms with Crippen molar-refractivity contribution in [2.45, 2.75) is 32.7 Å². The summed E-state index contributed by atoms with van der Waals surface area (Å²) in [6.45, 7) is 3.87. The van der Waals surface area contributed by atoms with Crippen LogP contribution in [0.5, 0.6) is 0 Å². The van der Waals surface area contributed by atoms with Crippen molar-refractivity contribution >= 4 is 5.95 Å². The van der Waals surface area contributed by atoms with Gasteiger partial charge < -0.3 is 9.42 Å². The maximum absolute atomic E-state index is 5.16. The van der Waals surface area contributed by atoms with E-state index in [0.29, 0.717) is 11.8 Å². The van der Waals surface area contributed by atoms with Crippen molar-refractivity contribution in [3.05, 3.63) is 24.4 Å². The Hall–Kier alpha value is -1.85. The van der Waals surface area contributed by atoms with E-state index < -0.39 is 0 Å². The van der Waals surface area contributed by atoms with Gasteiger partial charge in [0.05, 0.1) is 0 Å². The third-order valence-electron chi connectivity index (χ3n) is 2.70. The van der Waals surface area contributed by atoms with Crippen molar-refractivity contribution in [3.63, 3.8) is 0 Å². The zero-order valence-corrected chi connectivity index (χ0v) is 10.9. The summed E-state index contributed by atoms with van der Waals surface area (Å²) in [5.41, 5.74) is 0. The molecule has 0 bridgehead atoms. The maximum Gasteiger partial charge on any atom is 0.265 e. The number of rotatable bonds is 7. The standard InChI is InChI=1S/C12H19N5O/c1-3-6-11-14-12(15-18-11)16(2)8-5-10-17-9-4-7-13-17/h4,7,9H,3,5-6,8,10H2,1-2H3.